The zero-order valence-corrected chi connectivity index (χ0v) is 14.1. The first-order valence-corrected chi connectivity index (χ1v) is 8.76. The lowest BCUT2D eigenvalue weighted by atomic mass is 10.2. The van der Waals surface area contributed by atoms with Gasteiger partial charge in [-0.1, -0.05) is 39.4 Å². The van der Waals surface area contributed by atoms with Gasteiger partial charge in [0.15, 0.2) is 4.21 Å². The molecule has 0 radical (unpaired) electrons. The van der Waals surface area contributed by atoms with E-state index in [1.165, 1.54) is 11.4 Å². The van der Waals surface area contributed by atoms with E-state index in [9.17, 15) is 13.2 Å². The van der Waals surface area contributed by atoms with E-state index in [4.69, 9.17) is 0 Å². The third kappa shape index (κ3) is 3.20. The van der Waals surface area contributed by atoms with Crippen LogP contribution in [-0.4, -0.2) is 24.8 Å². The highest BCUT2D eigenvalue weighted by molar-refractivity contribution is 9.10. The van der Waals surface area contributed by atoms with Crippen LogP contribution in [0.15, 0.2) is 37.7 Å². The second-order valence-corrected chi connectivity index (χ2v) is 8.45. The molecule has 0 saturated carbocycles. The minimum atomic E-state index is -3.65. The molecule has 2 aromatic rings. The quantitative estimate of drug-likeness (QED) is 0.889. The Bertz CT molecular complexity index is 763. The third-order valence-electron chi connectivity index (χ3n) is 2.74. The number of hydrogen-bond donors (Lipinski definition) is 1. The van der Waals surface area contributed by atoms with Crippen LogP contribution in [0.4, 0.5) is 0 Å². The summed E-state index contributed by atoms with van der Waals surface area (Å²) in [5.74, 6) is 0. The van der Waals surface area contributed by atoms with Crippen molar-refractivity contribution in [1.29, 1.82) is 0 Å². The zero-order valence-electron chi connectivity index (χ0n) is 10.9. The molecule has 108 valence electrons. The standard InChI is InChI=1S/C12H13BrN2O3S2/c1-8-11(19-12(16)14-8)20(17,18)15(2)7-9-3-5-10(13)6-4-9/h3-6H,7H2,1-2H3,(H,14,16). The summed E-state index contributed by atoms with van der Waals surface area (Å²) in [6.07, 6.45) is 0. The van der Waals surface area contributed by atoms with E-state index >= 15 is 0 Å². The molecule has 0 bridgehead atoms. The Kier molecular flexibility index (Phi) is 4.48. The van der Waals surface area contributed by atoms with E-state index in [2.05, 4.69) is 20.9 Å². The summed E-state index contributed by atoms with van der Waals surface area (Å²) in [5, 5.41) is 0. The molecular weight excluding hydrogens is 364 g/mol. The number of hydrogen-bond acceptors (Lipinski definition) is 4. The SMILES string of the molecule is Cc1[nH]c(=O)sc1S(=O)(=O)N(C)Cc1ccc(Br)cc1. The molecule has 0 amide bonds. The first-order valence-electron chi connectivity index (χ1n) is 5.71. The van der Waals surface area contributed by atoms with Crippen molar-refractivity contribution in [2.75, 3.05) is 7.05 Å². The van der Waals surface area contributed by atoms with Gasteiger partial charge in [0, 0.05) is 23.8 Å². The number of nitrogens with zero attached hydrogens (tertiary/aromatic N) is 1. The molecule has 0 atom stereocenters. The van der Waals surface area contributed by atoms with Gasteiger partial charge >= 0.3 is 4.87 Å². The molecule has 0 saturated heterocycles. The third-order valence-corrected chi connectivity index (χ3v) is 6.66. The number of nitrogens with one attached hydrogen (secondary N) is 1. The summed E-state index contributed by atoms with van der Waals surface area (Å²) in [5.41, 5.74) is 1.25. The highest BCUT2D eigenvalue weighted by Crippen LogP contribution is 2.22. The van der Waals surface area contributed by atoms with Crippen LogP contribution in [0.25, 0.3) is 0 Å². The highest BCUT2D eigenvalue weighted by Gasteiger charge is 2.25. The van der Waals surface area contributed by atoms with Crippen molar-refractivity contribution in [2.24, 2.45) is 0 Å². The maximum atomic E-state index is 12.4. The van der Waals surface area contributed by atoms with Crippen molar-refractivity contribution in [3.63, 3.8) is 0 Å². The largest absolute Gasteiger partial charge is 0.315 e. The second kappa shape index (κ2) is 5.80. The van der Waals surface area contributed by atoms with Gasteiger partial charge in [-0.3, -0.25) is 4.79 Å². The molecule has 0 spiro atoms. The van der Waals surface area contributed by atoms with Crippen LogP contribution in [0.1, 0.15) is 11.3 Å². The second-order valence-electron chi connectivity index (χ2n) is 4.31. The van der Waals surface area contributed by atoms with Crippen LogP contribution < -0.4 is 4.87 Å². The van der Waals surface area contributed by atoms with E-state index < -0.39 is 10.0 Å². The van der Waals surface area contributed by atoms with Crippen LogP contribution >= 0.6 is 27.3 Å². The van der Waals surface area contributed by atoms with Gasteiger partial charge in [0.05, 0.1) is 0 Å². The van der Waals surface area contributed by atoms with E-state index in [1.807, 2.05) is 24.3 Å². The molecule has 1 heterocycles. The molecule has 0 aliphatic rings. The van der Waals surface area contributed by atoms with Crippen molar-refractivity contribution >= 4 is 37.3 Å². The maximum Gasteiger partial charge on any atom is 0.305 e. The first-order chi connectivity index (χ1) is 9.30. The number of aromatic amines is 1. The molecule has 0 unspecified atom stereocenters. The monoisotopic (exact) mass is 376 g/mol. The van der Waals surface area contributed by atoms with E-state index in [-0.39, 0.29) is 15.6 Å². The van der Waals surface area contributed by atoms with Crippen molar-refractivity contribution in [2.45, 2.75) is 17.7 Å². The molecule has 8 heteroatoms. The van der Waals surface area contributed by atoms with Gasteiger partial charge < -0.3 is 4.98 Å². The van der Waals surface area contributed by atoms with Crippen molar-refractivity contribution in [1.82, 2.24) is 9.29 Å². The number of aryl methyl sites for hydroxylation is 1. The molecule has 1 aromatic carbocycles. The van der Waals surface area contributed by atoms with Crippen molar-refractivity contribution in [3.8, 4) is 0 Å². The average molecular weight is 377 g/mol. The van der Waals surface area contributed by atoms with Gasteiger partial charge in [0.2, 0.25) is 0 Å². The number of H-pyrrole nitrogens is 1. The molecule has 1 N–H and O–H groups in total. The van der Waals surface area contributed by atoms with E-state index in [1.54, 1.807) is 6.92 Å². The average Bonchev–Trinajstić information content (AvgIpc) is 2.72. The van der Waals surface area contributed by atoms with Crippen molar-refractivity contribution < 1.29 is 8.42 Å². The Morgan fingerprint density at radius 3 is 2.40 bits per heavy atom. The number of rotatable bonds is 4. The number of halogens is 1. The van der Waals surface area contributed by atoms with Crippen LogP contribution in [0.2, 0.25) is 0 Å². The lowest BCUT2D eigenvalue weighted by Crippen LogP contribution is -2.26. The smallest absolute Gasteiger partial charge is 0.305 e. The minimum Gasteiger partial charge on any atom is -0.315 e. The Hall–Kier alpha value is -0.960. The lowest BCUT2D eigenvalue weighted by molar-refractivity contribution is 0.468. The first kappa shape index (κ1) is 15.4. The fourth-order valence-corrected chi connectivity index (χ4v) is 4.62. The van der Waals surface area contributed by atoms with Crippen LogP contribution in [-0.2, 0) is 16.6 Å². The Labute approximate surface area is 129 Å². The topological polar surface area (TPSA) is 70.2 Å². The van der Waals surface area contributed by atoms with E-state index in [0.717, 1.165) is 10.0 Å². The van der Waals surface area contributed by atoms with Gasteiger partial charge in [-0.15, -0.1) is 0 Å². The summed E-state index contributed by atoms with van der Waals surface area (Å²) < 4.78 is 27.1. The zero-order chi connectivity index (χ0) is 14.9. The molecule has 2 rings (SSSR count). The molecule has 20 heavy (non-hydrogen) atoms. The molecule has 5 nitrogen and oxygen atoms in total. The summed E-state index contributed by atoms with van der Waals surface area (Å²) in [7, 11) is -2.15. The van der Waals surface area contributed by atoms with Crippen LogP contribution in [0.5, 0.6) is 0 Å². The fraction of sp³-hybridized carbons (Fsp3) is 0.250. The Balaban J connectivity index is 2.28. The van der Waals surface area contributed by atoms with Crippen LogP contribution in [0, 0.1) is 6.92 Å². The van der Waals surface area contributed by atoms with Crippen LogP contribution in [0.3, 0.4) is 0 Å². The number of sulfonamides is 1. The Morgan fingerprint density at radius 2 is 1.90 bits per heavy atom. The number of benzene rings is 1. The Morgan fingerprint density at radius 1 is 1.30 bits per heavy atom. The predicted octanol–water partition coefficient (Wildman–Crippen LogP) is 2.33. The molecule has 1 aromatic heterocycles. The summed E-state index contributed by atoms with van der Waals surface area (Å²) in [4.78, 5) is 13.4. The normalized spacial score (nSPS) is 12.0. The fourth-order valence-electron chi connectivity index (χ4n) is 1.71. The van der Waals surface area contributed by atoms with Gasteiger partial charge in [-0.25, -0.2) is 8.42 Å². The van der Waals surface area contributed by atoms with Gasteiger partial charge in [-0.05, 0) is 24.6 Å². The summed E-state index contributed by atoms with van der Waals surface area (Å²) in [6, 6.07) is 7.41. The summed E-state index contributed by atoms with van der Waals surface area (Å²) >= 11 is 4.05. The highest BCUT2D eigenvalue weighted by atomic mass is 79.9. The molecule has 0 fully saturated rings. The van der Waals surface area contributed by atoms with Gasteiger partial charge in [0.25, 0.3) is 10.0 Å². The molecule has 0 aliphatic carbocycles. The molecule has 0 aliphatic heterocycles. The minimum absolute atomic E-state index is 0.0714. The number of thiazole rings is 1. The maximum absolute atomic E-state index is 12.4. The predicted molar refractivity (Wildman–Crippen MR) is 82.5 cm³/mol. The lowest BCUT2D eigenvalue weighted by Gasteiger charge is -2.16. The van der Waals surface area contributed by atoms with Gasteiger partial charge in [-0.2, -0.15) is 4.31 Å². The molecular formula is C12H13BrN2O3S2. The summed E-state index contributed by atoms with van der Waals surface area (Å²) in [6.45, 7) is 1.83. The van der Waals surface area contributed by atoms with Gasteiger partial charge in [0.1, 0.15) is 0 Å². The number of aromatic nitrogens is 1. The van der Waals surface area contributed by atoms with E-state index in [0.29, 0.717) is 17.0 Å². The van der Waals surface area contributed by atoms with Crippen molar-refractivity contribution in [3.05, 3.63) is 49.7 Å².